The summed E-state index contributed by atoms with van der Waals surface area (Å²) < 4.78 is 0. The van der Waals surface area contributed by atoms with Gasteiger partial charge in [0.1, 0.15) is 0 Å². The molecule has 0 spiro atoms. The monoisotopic (exact) mass is 227 g/mol. The zero-order chi connectivity index (χ0) is 12.3. The van der Waals surface area contributed by atoms with E-state index in [9.17, 15) is 4.79 Å². The maximum absolute atomic E-state index is 11.5. The number of carbonyl (C=O) groups is 1. The molecule has 0 radical (unpaired) electrons. The van der Waals surface area contributed by atoms with Crippen molar-refractivity contribution >= 4 is 5.91 Å². The Labute approximate surface area is 98.5 Å². The number of hydrogen-bond donors (Lipinski definition) is 2. The third-order valence-corrected chi connectivity index (χ3v) is 3.91. The third-order valence-electron chi connectivity index (χ3n) is 3.91. The highest BCUT2D eigenvalue weighted by molar-refractivity contribution is 5.78. The molecule has 94 valence electrons. The Morgan fingerprint density at radius 2 is 2.00 bits per heavy atom. The minimum Gasteiger partial charge on any atom is -0.297 e. The van der Waals surface area contributed by atoms with Gasteiger partial charge in [0.15, 0.2) is 0 Å². The van der Waals surface area contributed by atoms with E-state index >= 15 is 0 Å². The largest absolute Gasteiger partial charge is 0.297 e. The van der Waals surface area contributed by atoms with Crippen LogP contribution >= 0.6 is 0 Å². The fourth-order valence-electron chi connectivity index (χ4n) is 2.67. The minimum absolute atomic E-state index is 0.0515. The molecule has 0 bridgehead atoms. The molecule has 1 amide bonds. The Morgan fingerprint density at radius 3 is 2.50 bits per heavy atom. The van der Waals surface area contributed by atoms with Crippen LogP contribution in [0.4, 0.5) is 0 Å². The Kier molecular flexibility index (Phi) is 4.74. The van der Waals surface area contributed by atoms with Gasteiger partial charge >= 0.3 is 0 Å². The standard InChI is InChI=1S/C12H25N3O/c1-8(2)11-6-5-7-15(11)10(4)9(3)12(16)14-13/h8-11H,5-7,13H2,1-4H3,(H,14,16). The van der Waals surface area contributed by atoms with Gasteiger partial charge in [-0.15, -0.1) is 0 Å². The predicted octanol–water partition coefficient (Wildman–Crippen LogP) is 1.12. The minimum atomic E-state index is -0.0677. The Morgan fingerprint density at radius 1 is 1.38 bits per heavy atom. The molecule has 1 heterocycles. The molecule has 1 saturated heterocycles. The van der Waals surface area contributed by atoms with Gasteiger partial charge in [0, 0.05) is 12.1 Å². The highest BCUT2D eigenvalue weighted by Crippen LogP contribution is 2.28. The van der Waals surface area contributed by atoms with Crippen LogP contribution in [0.3, 0.4) is 0 Å². The second-order valence-electron chi connectivity index (χ2n) is 5.23. The molecule has 1 rings (SSSR count). The van der Waals surface area contributed by atoms with Crippen molar-refractivity contribution in [3.8, 4) is 0 Å². The van der Waals surface area contributed by atoms with Crippen LogP contribution in [-0.2, 0) is 4.79 Å². The lowest BCUT2D eigenvalue weighted by molar-refractivity contribution is -0.126. The number of hydrogen-bond acceptors (Lipinski definition) is 3. The van der Waals surface area contributed by atoms with E-state index in [0.717, 1.165) is 6.54 Å². The normalized spacial score (nSPS) is 25.8. The second-order valence-corrected chi connectivity index (χ2v) is 5.23. The number of hydrazine groups is 1. The summed E-state index contributed by atoms with van der Waals surface area (Å²) in [6, 6.07) is 0.876. The van der Waals surface area contributed by atoms with E-state index in [-0.39, 0.29) is 17.9 Å². The lowest BCUT2D eigenvalue weighted by Gasteiger charge is -2.35. The number of amides is 1. The van der Waals surface area contributed by atoms with Crippen molar-refractivity contribution in [2.75, 3.05) is 6.54 Å². The van der Waals surface area contributed by atoms with Gasteiger partial charge in [-0.1, -0.05) is 20.8 Å². The molecule has 0 aromatic heterocycles. The van der Waals surface area contributed by atoms with E-state index in [1.165, 1.54) is 12.8 Å². The molecule has 1 aliphatic heterocycles. The van der Waals surface area contributed by atoms with Crippen molar-refractivity contribution in [2.45, 2.75) is 52.6 Å². The average molecular weight is 227 g/mol. The fourth-order valence-corrected chi connectivity index (χ4v) is 2.67. The van der Waals surface area contributed by atoms with Crippen molar-refractivity contribution < 1.29 is 4.79 Å². The first-order valence-corrected chi connectivity index (χ1v) is 6.25. The third kappa shape index (κ3) is 2.74. The smallest absolute Gasteiger partial charge is 0.238 e. The zero-order valence-electron chi connectivity index (χ0n) is 10.9. The van der Waals surface area contributed by atoms with Crippen molar-refractivity contribution in [1.29, 1.82) is 0 Å². The molecular weight excluding hydrogens is 202 g/mol. The van der Waals surface area contributed by atoms with Crippen molar-refractivity contribution in [2.24, 2.45) is 17.7 Å². The summed E-state index contributed by atoms with van der Waals surface area (Å²) in [7, 11) is 0. The lowest BCUT2D eigenvalue weighted by atomic mass is 9.96. The summed E-state index contributed by atoms with van der Waals surface area (Å²) in [6.07, 6.45) is 2.49. The molecule has 3 N–H and O–H groups in total. The van der Waals surface area contributed by atoms with Gasteiger partial charge in [0.05, 0.1) is 5.92 Å². The first-order valence-electron chi connectivity index (χ1n) is 6.25. The maximum Gasteiger partial charge on any atom is 0.238 e. The van der Waals surface area contributed by atoms with Gasteiger partial charge in [0.25, 0.3) is 0 Å². The summed E-state index contributed by atoms with van der Waals surface area (Å²) >= 11 is 0. The van der Waals surface area contributed by atoms with E-state index in [4.69, 9.17) is 5.84 Å². The number of nitrogens with zero attached hydrogens (tertiary/aromatic N) is 1. The van der Waals surface area contributed by atoms with Crippen LogP contribution in [-0.4, -0.2) is 29.4 Å². The number of nitrogens with two attached hydrogens (primary N) is 1. The van der Waals surface area contributed by atoms with Crippen LogP contribution in [0.25, 0.3) is 0 Å². The van der Waals surface area contributed by atoms with Gasteiger partial charge in [-0.3, -0.25) is 15.1 Å². The Bertz CT molecular complexity index is 242. The van der Waals surface area contributed by atoms with Crippen LogP contribution in [0.1, 0.15) is 40.5 Å². The number of rotatable bonds is 4. The Balaban J connectivity index is 2.65. The SMILES string of the molecule is CC(C)C1CCCN1C(C)C(C)C(=O)NN. The first-order chi connectivity index (χ1) is 7.49. The molecule has 0 aromatic carbocycles. The summed E-state index contributed by atoms with van der Waals surface area (Å²) in [6.45, 7) is 9.68. The van der Waals surface area contributed by atoms with E-state index < -0.39 is 0 Å². The van der Waals surface area contributed by atoms with Gasteiger partial charge in [0.2, 0.25) is 5.91 Å². The van der Waals surface area contributed by atoms with Crippen molar-refractivity contribution in [1.82, 2.24) is 10.3 Å². The van der Waals surface area contributed by atoms with Crippen LogP contribution < -0.4 is 11.3 Å². The topological polar surface area (TPSA) is 58.4 Å². The van der Waals surface area contributed by atoms with Gasteiger partial charge in [-0.25, -0.2) is 5.84 Å². The van der Waals surface area contributed by atoms with E-state index in [0.29, 0.717) is 12.0 Å². The average Bonchev–Trinajstić information content (AvgIpc) is 2.74. The van der Waals surface area contributed by atoms with Gasteiger partial charge < -0.3 is 0 Å². The fraction of sp³-hybridized carbons (Fsp3) is 0.917. The summed E-state index contributed by atoms with van der Waals surface area (Å²) in [5, 5.41) is 0. The second kappa shape index (κ2) is 5.64. The number of nitrogens with one attached hydrogen (secondary N) is 1. The van der Waals surface area contributed by atoms with Crippen LogP contribution in [0.2, 0.25) is 0 Å². The molecule has 0 saturated carbocycles. The molecule has 1 aliphatic rings. The zero-order valence-corrected chi connectivity index (χ0v) is 10.9. The van der Waals surface area contributed by atoms with Crippen molar-refractivity contribution in [3.05, 3.63) is 0 Å². The number of carbonyl (C=O) groups excluding carboxylic acids is 1. The molecule has 4 nitrogen and oxygen atoms in total. The molecule has 16 heavy (non-hydrogen) atoms. The molecular formula is C12H25N3O. The molecule has 3 unspecified atom stereocenters. The summed E-state index contributed by atoms with van der Waals surface area (Å²) in [5.41, 5.74) is 2.25. The lowest BCUT2D eigenvalue weighted by Crippen LogP contribution is -2.48. The molecule has 1 fully saturated rings. The van der Waals surface area contributed by atoms with Crippen LogP contribution in [0.5, 0.6) is 0 Å². The van der Waals surface area contributed by atoms with Gasteiger partial charge in [-0.05, 0) is 32.2 Å². The molecule has 0 aromatic rings. The molecule has 0 aliphatic carbocycles. The maximum atomic E-state index is 11.5. The number of likely N-dealkylation sites (tertiary alicyclic amines) is 1. The van der Waals surface area contributed by atoms with Crippen LogP contribution in [0, 0.1) is 11.8 Å². The summed E-state index contributed by atoms with van der Waals surface area (Å²) in [5.74, 6) is 5.72. The van der Waals surface area contributed by atoms with E-state index in [1.807, 2.05) is 6.92 Å². The Hall–Kier alpha value is -0.610. The molecule has 3 atom stereocenters. The van der Waals surface area contributed by atoms with Crippen molar-refractivity contribution in [3.63, 3.8) is 0 Å². The first kappa shape index (κ1) is 13.5. The predicted molar refractivity (Wildman–Crippen MR) is 65.5 cm³/mol. The van der Waals surface area contributed by atoms with Crippen LogP contribution in [0.15, 0.2) is 0 Å². The highest BCUT2D eigenvalue weighted by atomic mass is 16.2. The summed E-state index contributed by atoms with van der Waals surface area (Å²) in [4.78, 5) is 14.0. The highest BCUT2D eigenvalue weighted by Gasteiger charge is 2.34. The quantitative estimate of drug-likeness (QED) is 0.430. The van der Waals surface area contributed by atoms with E-state index in [2.05, 4.69) is 31.1 Å². The van der Waals surface area contributed by atoms with Gasteiger partial charge in [-0.2, -0.15) is 0 Å². The molecule has 4 heteroatoms. The van der Waals surface area contributed by atoms with E-state index in [1.54, 1.807) is 0 Å².